The van der Waals surface area contributed by atoms with Crippen LogP contribution in [0, 0.1) is 18.3 Å². The molecule has 0 spiro atoms. The van der Waals surface area contributed by atoms with Crippen LogP contribution in [0.4, 0.5) is 5.82 Å². The van der Waals surface area contributed by atoms with Gasteiger partial charge in [0.2, 0.25) is 0 Å². The number of aryl methyl sites for hydroxylation is 1. The van der Waals surface area contributed by atoms with Crippen molar-refractivity contribution in [3.8, 4) is 6.07 Å². The predicted molar refractivity (Wildman–Crippen MR) is 72.2 cm³/mol. The summed E-state index contributed by atoms with van der Waals surface area (Å²) >= 11 is 0. The van der Waals surface area contributed by atoms with Gasteiger partial charge in [-0.25, -0.2) is 4.98 Å². The number of pyridine rings is 1. The molecule has 3 nitrogen and oxygen atoms in total. The summed E-state index contributed by atoms with van der Waals surface area (Å²) in [5.41, 5.74) is 2.56. The van der Waals surface area contributed by atoms with Crippen LogP contribution < -0.4 is 5.32 Å². The highest BCUT2D eigenvalue weighted by Gasteiger charge is 2.06. The van der Waals surface area contributed by atoms with Crippen LogP contribution in [-0.4, -0.2) is 4.98 Å². The molecule has 2 aromatic rings. The fourth-order valence-corrected chi connectivity index (χ4v) is 1.77. The first-order chi connectivity index (χ1) is 8.70. The Morgan fingerprint density at radius 3 is 2.56 bits per heavy atom. The lowest BCUT2D eigenvalue weighted by Gasteiger charge is -2.15. The van der Waals surface area contributed by atoms with Gasteiger partial charge in [0.05, 0.1) is 0 Å². The van der Waals surface area contributed by atoms with E-state index >= 15 is 0 Å². The summed E-state index contributed by atoms with van der Waals surface area (Å²) < 4.78 is 0. The molecule has 1 aromatic carbocycles. The molecule has 0 radical (unpaired) electrons. The molecule has 90 valence electrons. The number of hydrogen-bond donors (Lipinski definition) is 1. The van der Waals surface area contributed by atoms with Gasteiger partial charge in [0.1, 0.15) is 17.6 Å². The molecule has 1 N–H and O–H groups in total. The maximum absolute atomic E-state index is 8.95. The zero-order valence-electron chi connectivity index (χ0n) is 10.5. The Morgan fingerprint density at radius 1 is 1.17 bits per heavy atom. The predicted octanol–water partition coefficient (Wildman–Crippen LogP) is 3.43. The zero-order valence-corrected chi connectivity index (χ0v) is 10.5. The van der Waals surface area contributed by atoms with Gasteiger partial charge in [0.25, 0.3) is 0 Å². The molecule has 0 unspecified atom stereocenters. The molecule has 0 fully saturated rings. The smallest absolute Gasteiger partial charge is 0.145 e. The average Bonchev–Trinajstić information content (AvgIpc) is 2.42. The van der Waals surface area contributed by atoms with E-state index in [4.69, 9.17) is 5.26 Å². The number of nitrogens with zero attached hydrogens (tertiary/aromatic N) is 2. The van der Waals surface area contributed by atoms with Crippen molar-refractivity contribution < 1.29 is 0 Å². The van der Waals surface area contributed by atoms with Gasteiger partial charge in [-0.15, -0.1) is 0 Å². The highest BCUT2D eigenvalue weighted by molar-refractivity contribution is 5.44. The largest absolute Gasteiger partial charge is 0.364 e. The lowest BCUT2D eigenvalue weighted by atomic mass is 10.1. The van der Waals surface area contributed by atoms with E-state index in [-0.39, 0.29) is 6.04 Å². The van der Waals surface area contributed by atoms with Crippen LogP contribution in [0.2, 0.25) is 0 Å². The Hall–Kier alpha value is -2.34. The van der Waals surface area contributed by atoms with Gasteiger partial charge in [0, 0.05) is 6.04 Å². The minimum absolute atomic E-state index is 0.160. The Labute approximate surface area is 107 Å². The molecule has 1 heterocycles. The first-order valence-corrected chi connectivity index (χ1v) is 5.90. The third kappa shape index (κ3) is 2.67. The third-order valence-corrected chi connectivity index (χ3v) is 2.87. The van der Waals surface area contributed by atoms with E-state index in [9.17, 15) is 0 Å². The summed E-state index contributed by atoms with van der Waals surface area (Å²) in [7, 11) is 0. The van der Waals surface area contributed by atoms with Crippen LogP contribution >= 0.6 is 0 Å². The van der Waals surface area contributed by atoms with Crippen molar-refractivity contribution >= 4 is 5.82 Å². The molecule has 0 amide bonds. The quantitative estimate of drug-likeness (QED) is 0.889. The van der Waals surface area contributed by atoms with Crippen molar-refractivity contribution in [3.05, 3.63) is 59.3 Å². The van der Waals surface area contributed by atoms with Gasteiger partial charge in [-0.2, -0.15) is 5.26 Å². The van der Waals surface area contributed by atoms with Gasteiger partial charge in [0.15, 0.2) is 0 Å². The molecular weight excluding hydrogens is 222 g/mol. The zero-order chi connectivity index (χ0) is 13.0. The molecule has 1 atom stereocenters. The molecule has 3 heteroatoms. The number of nitrogens with one attached hydrogen (secondary N) is 1. The molecule has 2 rings (SSSR count). The third-order valence-electron chi connectivity index (χ3n) is 2.87. The van der Waals surface area contributed by atoms with Gasteiger partial charge < -0.3 is 5.32 Å². The maximum atomic E-state index is 8.95. The minimum Gasteiger partial charge on any atom is -0.364 e. The summed E-state index contributed by atoms with van der Waals surface area (Å²) in [6.07, 6.45) is 0. The van der Waals surface area contributed by atoms with Crippen molar-refractivity contribution in [2.45, 2.75) is 19.9 Å². The van der Waals surface area contributed by atoms with Crippen molar-refractivity contribution in [2.75, 3.05) is 5.32 Å². The van der Waals surface area contributed by atoms with Crippen molar-refractivity contribution in [3.63, 3.8) is 0 Å². The molecule has 1 aromatic heterocycles. The fourth-order valence-electron chi connectivity index (χ4n) is 1.77. The molecular formula is C15H15N3. The van der Waals surface area contributed by atoms with Gasteiger partial charge >= 0.3 is 0 Å². The number of rotatable bonds is 3. The fraction of sp³-hybridized carbons (Fsp3) is 0.200. The van der Waals surface area contributed by atoms with E-state index in [0.717, 1.165) is 11.4 Å². The topological polar surface area (TPSA) is 48.7 Å². The van der Waals surface area contributed by atoms with E-state index in [0.29, 0.717) is 5.69 Å². The summed E-state index contributed by atoms with van der Waals surface area (Å²) in [6.45, 7) is 3.96. The molecule has 0 saturated heterocycles. The Balaban J connectivity index is 2.18. The van der Waals surface area contributed by atoms with Crippen LogP contribution in [0.3, 0.4) is 0 Å². The number of nitriles is 1. The van der Waals surface area contributed by atoms with Crippen molar-refractivity contribution in [1.82, 2.24) is 4.98 Å². The molecule has 0 aliphatic carbocycles. The van der Waals surface area contributed by atoms with Crippen molar-refractivity contribution in [2.24, 2.45) is 0 Å². The second-order valence-corrected chi connectivity index (χ2v) is 4.25. The monoisotopic (exact) mass is 237 g/mol. The Morgan fingerprint density at radius 2 is 1.89 bits per heavy atom. The highest BCUT2D eigenvalue weighted by atomic mass is 15.0. The minimum atomic E-state index is 0.160. The standard InChI is InChI=1S/C15H15N3/c1-11-8-9-15(18-14(11)10-16)17-12(2)13-6-4-3-5-7-13/h3-9,12H,1-2H3,(H,17,18)/t12-/m0/s1. The molecule has 18 heavy (non-hydrogen) atoms. The first kappa shape index (κ1) is 12.1. The molecule has 0 bridgehead atoms. The summed E-state index contributed by atoms with van der Waals surface area (Å²) in [4.78, 5) is 4.28. The second-order valence-electron chi connectivity index (χ2n) is 4.25. The normalized spacial score (nSPS) is 11.6. The number of benzene rings is 1. The summed E-state index contributed by atoms with van der Waals surface area (Å²) in [6, 6.07) is 16.2. The van der Waals surface area contributed by atoms with E-state index in [1.165, 1.54) is 5.56 Å². The second kappa shape index (κ2) is 5.33. The van der Waals surface area contributed by atoms with Crippen molar-refractivity contribution in [1.29, 1.82) is 5.26 Å². The van der Waals surface area contributed by atoms with Gasteiger partial charge in [-0.1, -0.05) is 36.4 Å². The van der Waals surface area contributed by atoms with E-state index in [1.807, 2.05) is 37.3 Å². The maximum Gasteiger partial charge on any atom is 0.145 e. The van der Waals surface area contributed by atoms with Gasteiger partial charge in [-0.3, -0.25) is 0 Å². The SMILES string of the molecule is Cc1ccc(N[C@@H](C)c2ccccc2)nc1C#N. The van der Waals surface area contributed by atoms with E-state index < -0.39 is 0 Å². The highest BCUT2D eigenvalue weighted by Crippen LogP contribution is 2.18. The summed E-state index contributed by atoms with van der Waals surface area (Å²) in [5, 5.41) is 12.3. The first-order valence-electron chi connectivity index (χ1n) is 5.90. The van der Waals surface area contributed by atoms with Crippen LogP contribution in [0.25, 0.3) is 0 Å². The molecule has 0 aliphatic heterocycles. The number of anilines is 1. The van der Waals surface area contributed by atoms with Gasteiger partial charge in [-0.05, 0) is 31.0 Å². The van der Waals surface area contributed by atoms with Crippen LogP contribution in [0.5, 0.6) is 0 Å². The van der Waals surface area contributed by atoms with E-state index in [1.54, 1.807) is 0 Å². The molecule has 0 saturated carbocycles. The Bertz CT molecular complexity index is 570. The van der Waals surface area contributed by atoms with Crippen LogP contribution in [0.15, 0.2) is 42.5 Å². The van der Waals surface area contributed by atoms with Crippen LogP contribution in [-0.2, 0) is 0 Å². The van der Waals surface area contributed by atoms with E-state index in [2.05, 4.69) is 35.4 Å². The molecule has 0 aliphatic rings. The Kier molecular flexibility index (Phi) is 3.59. The number of hydrogen-bond acceptors (Lipinski definition) is 3. The number of aromatic nitrogens is 1. The lowest BCUT2D eigenvalue weighted by Crippen LogP contribution is -2.08. The van der Waals surface area contributed by atoms with Crippen LogP contribution in [0.1, 0.15) is 29.8 Å². The average molecular weight is 237 g/mol. The lowest BCUT2D eigenvalue weighted by molar-refractivity contribution is 0.873. The summed E-state index contributed by atoms with van der Waals surface area (Å²) in [5.74, 6) is 0.730.